The van der Waals surface area contributed by atoms with E-state index in [1.165, 1.54) is 34.9 Å². The predicted molar refractivity (Wildman–Crippen MR) is 134 cm³/mol. The zero-order valence-corrected chi connectivity index (χ0v) is 19.2. The van der Waals surface area contributed by atoms with E-state index < -0.39 is 22.3 Å². The lowest BCUT2D eigenvalue weighted by Crippen LogP contribution is -2.29. The summed E-state index contributed by atoms with van der Waals surface area (Å²) >= 11 is 5.89. The van der Waals surface area contributed by atoms with Gasteiger partial charge in [0.25, 0.3) is 23.1 Å². The van der Waals surface area contributed by atoms with Crippen molar-refractivity contribution in [2.45, 2.75) is 13.5 Å². The fraction of sp³-hybridized carbons (Fsp3) is 0.0800. The number of hydrogen-bond donors (Lipinski definition) is 2. The van der Waals surface area contributed by atoms with Gasteiger partial charge in [0, 0.05) is 40.3 Å². The Kier molecular flexibility index (Phi) is 6.61. The van der Waals surface area contributed by atoms with E-state index in [1.54, 1.807) is 49.4 Å². The SMILES string of the molecule is CCn1c(=O)c(C(=O)Nc2ccc(Cl)cc2)cc2c(NC(=O)c3ccc([N+](=O)[O-])cc3)cccc21. The van der Waals surface area contributed by atoms with Gasteiger partial charge in [-0.05, 0) is 61.5 Å². The van der Waals surface area contributed by atoms with Crippen molar-refractivity contribution in [2.24, 2.45) is 0 Å². The number of aromatic nitrogens is 1. The van der Waals surface area contributed by atoms with Crippen LogP contribution in [-0.2, 0) is 6.54 Å². The van der Waals surface area contributed by atoms with Crippen LogP contribution < -0.4 is 16.2 Å². The molecule has 0 spiro atoms. The molecule has 1 aromatic heterocycles. The second-order valence-electron chi connectivity index (χ2n) is 7.56. The number of nitrogens with zero attached hydrogens (tertiary/aromatic N) is 2. The van der Waals surface area contributed by atoms with Gasteiger partial charge in [0.1, 0.15) is 5.56 Å². The Labute approximate surface area is 204 Å². The number of nitrogens with one attached hydrogen (secondary N) is 2. The van der Waals surface area contributed by atoms with Crippen molar-refractivity contribution in [3.05, 3.63) is 109 Å². The largest absolute Gasteiger partial charge is 0.322 e. The lowest BCUT2D eigenvalue weighted by atomic mass is 10.1. The molecule has 0 aliphatic rings. The number of carbonyl (C=O) groups excluding carboxylic acids is 2. The highest BCUT2D eigenvalue weighted by Gasteiger charge is 2.18. The zero-order valence-electron chi connectivity index (χ0n) is 18.4. The minimum atomic E-state index is -0.599. The maximum atomic E-state index is 13.1. The molecule has 10 heteroatoms. The molecule has 3 aromatic carbocycles. The smallest absolute Gasteiger partial charge is 0.269 e. The molecule has 176 valence electrons. The number of halogens is 1. The number of anilines is 2. The number of carbonyl (C=O) groups is 2. The van der Waals surface area contributed by atoms with Crippen molar-refractivity contribution in [3.63, 3.8) is 0 Å². The van der Waals surface area contributed by atoms with E-state index in [-0.39, 0.29) is 16.8 Å². The Hall–Kier alpha value is -4.50. The summed E-state index contributed by atoms with van der Waals surface area (Å²) in [5, 5.41) is 17.3. The fourth-order valence-corrected chi connectivity index (χ4v) is 3.77. The Morgan fingerprint density at radius 2 is 1.66 bits per heavy atom. The second-order valence-corrected chi connectivity index (χ2v) is 8.00. The highest BCUT2D eigenvalue weighted by atomic mass is 35.5. The van der Waals surface area contributed by atoms with E-state index in [1.807, 2.05) is 0 Å². The van der Waals surface area contributed by atoms with Crippen molar-refractivity contribution in [2.75, 3.05) is 10.6 Å². The van der Waals surface area contributed by atoms with Gasteiger partial charge in [-0.1, -0.05) is 17.7 Å². The van der Waals surface area contributed by atoms with Crippen LogP contribution in [0.15, 0.2) is 77.6 Å². The van der Waals surface area contributed by atoms with Gasteiger partial charge in [-0.2, -0.15) is 0 Å². The van der Waals surface area contributed by atoms with Gasteiger partial charge in [0.05, 0.1) is 16.1 Å². The number of rotatable bonds is 6. The molecule has 0 unspecified atom stereocenters. The van der Waals surface area contributed by atoms with Crippen LogP contribution in [0.2, 0.25) is 5.02 Å². The normalized spacial score (nSPS) is 10.7. The predicted octanol–water partition coefficient (Wildman–Crippen LogP) is 5.09. The first-order valence-electron chi connectivity index (χ1n) is 10.6. The molecular formula is C25H19ClN4O5. The molecule has 35 heavy (non-hydrogen) atoms. The number of benzene rings is 3. The summed E-state index contributed by atoms with van der Waals surface area (Å²) in [6.07, 6.45) is 0. The minimum absolute atomic E-state index is 0.0914. The van der Waals surface area contributed by atoms with Gasteiger partial charge < -0.3 is 15.2 Å². The van der Waals surface area contributed by atoms with Crippen LogP contribution in [0.3, 0.4) is 0 Å². The highest BCUT2D eigenvalue weighted by molar-refractivity contribution is 6.30. The number of nitro groups is 1. The van der Waals surface area contributed by atoms with Crippen molar-refractivity contribution in [1.82, 2.24) is 4.57 Å². The van der Waals surface area contributed by atoms with Gasteiger partial charge in [-0.25, -0.2) is 0 Å². The average molecular weight is 491 g/mol. The number of aryl methyl sites for hydroxylation is 1. The van der Waals surface area contributed by atoms with Crippen molar-refractivity contribution < 1.29 is 14.5 Å². The van der Waals surface area contributed by atoms with E-state index in [2.05, 4.69) is 10.6 Å². The van der Waals surface area contributed by atoms with Crippen LogP contribution >= 0.6 is 11.6 Å². The molecule has 9 nitrogen and oxygen atoms in total. The molecule has 0 aliphatic heterocycles. The summed E-state index contributed by atoms with van der Waals surface area (Å²) in [7, 11) is 0. The van der Waals surface area contributed by atoms with Crippen molar-refractivity contribution in [3.8, 4) is 0 Å². The number of amides is 2. The molecule has 0 fully saturated rings. The summed E-state index contributed by atoms with van der Waals surface area (Å²) in [5.41, 5.74) is 0.932. The zero-order chi connectivity index (χ0) is 25.1. The molecule has 0 saturated carbocycles. The van der Waals surface area contributed by atoms with Crippen LogP contribution in [0.5, 0.6) is 0 Å². The summed E-state index contributed by atoms with van der Waals surface area (Å²) in [6.45, 7) is 2.08. The Morgan fingerprint density at radius 1 is 0.971 bits per heavy atom. The Bertz CT molecular complexity index is 1510. The summed E-state index contributed by atoms with van der Waals surface area (Å²) in [6, 6.07) is 18.2. The van der Waals surface area contributed by atoms with E-state index in [0.29, 0.717) is 33.8 Å². The maximum Gasteiger partial charge on any atom is 0.269 e. The average Bonchev–Trinajstić information content (AvgIpc) is 2.85. The van der Waals surface area contributed by atoms with Crippen LogP contribution in [0.25, 0.3) is 10.9 Å². The first-order valence-corrected chi connectivity index (χ1v) is 11.0. The van der Waals surface area contributed by atoms with Crippen LogP contribution in [-0.4, -0.2) is 21.3 Å². The lowest BCUT2D eigenvalue weighted by Gasteiger charge is -2.15. The molecule has 2 amide bonds. The highest BCUT2D eigenvalue weighted by Crippen LogP contribution is 2.25. The first-order chi connectivity index (χ1) is 16.8. The van der Waals surface area contributed by atoms with E-state index >= 15 is 0 Å². The van der Waals surface area contributed by atoms with Gasteiger partial charge in [0.15, 0.2) is 0 Å². The van der Waals surface area contributed by atoms with Crippen LogP contribution in [0, 0.1) is 10.1 Å². The van der Waals surface area contributed by atoms with Gasteiger partial charge in [-0.3, -0.25) is 24.5 Å². The minimum Gasteiger partial charge on any atom is -0.322 e. The topological polar surface area (TPSA) is 123 Å². The molecule has 4 rings (SSSR count). The molecule has 0 saturated heterocycles. The first kappa shape index (κ1) is 23.7. The monoisotopic (exact) mass is 490 g/mol. The van der Waals surface area contributed by atoms with Gasteiger partial charge >= 0.3 is 0 Å². The molecule has 0 aliphatic carbocycles. The third-order valence-electron chi connectivity index (χ3n) is 5.39. The summed E-state index contributed by atoms with van der Waals surface area (Å²) < 4.78 is 1.45. The number of hydrogen-bond acceptors (Lipinski definition) is 5. The number of nitro benzene ring substituents is 1. The fourth-order valence-electron chi connectivity index (χ4n) is 3.65. The van der Waals surface area contributed by atoms with E-state index in [4.69, 9.17) is 11.6 Å². The second kappa shape index (κ2) is 9.78. The maximum absolute atomic E-state index is 13.1. The molecule has 2 N–H and O–H groups in total. The van der Waals surface area contributed by atoms with Crippen LogP contribution in [0.4, 0.5) is 17.1 Å². The summed E-state index contributed by atoms with van der Waals surface area (Å²) in [4.78, 5) is 49.2. The number of fused-ring (bicyclic) bond motifs is 1. The molecule has 0 bridgehead atoms. The quantitative estimate of drug-likeness (QED) is 0.288. The van der Waals surface area contributed by atoms with E-state index in [0.717, 1.165) is 0 Å². The molecule has 4 aromatic rings. The standard InChI is InChI=1S/C25H19ClN4O5/c1-2-29-22-5-3-4-21(28-23(31)15-6-12-18(13-7-15)30(34)35)19(22)14-20(25(29)33)24(32)27-17-10-8-16(26)9-11-17/h3-14H,2H2,1H3,(H,27,32)(H,28,31). The molecular weight excluding hydrogens is 472 g/mol. The van der Waals surface area contributed by atoms with Gasteiger partial charge in [-0.15, -0.1) is 0 Å². The molecule has 1 heterocycles. The lowest BCUT2D eigenvalue weighted by molar-refractivity contribution is -0.384. The van der Waals surface area contributed by atoms with E-state index in [9.17, 15) is 24.5 Å². The number of pyridine rings is 1. The third kappa shape index (κ3) is 4.90. The van der Waals surface area contributed by atoms with Crippen LogP contribution in [0.1, 0.15) is 27.6 Å². The Balaban J connectivity index is 1.72. The van der Waals surface area contributed by atoms with Gasteiger partial charge in [0.2, 0.25) is 0 Å². The molecule has 0 radical (unpaired) electrons. The van der Waals surface area contributed by atoms with Crippen molar-refractivity contribution in [1.29, 1.82) is 0 Å². The number of non-ortho nitro benzene ring substituents is 1. The Morgan fingerprint density at radius 3 is 2.29 bits per heavy atom. The third-order valence-corrected chi connectivity index (χ3v) is 5.64. The summed E-state index contributed by atoms with van der Waals surface area (Å²) in [5.74, 6) is -1.09. The van der Waals surface area contributed by atoms with Crippen molar-refractivity contribution >= 4 is 51.4 Å². The molecule has 0 atom stereocenters.